The number of hydrogen-bond donors (Lipinski definition) is 0. The van der Waals surface area contributed by atoms with Crippen molar-refractivity contribution in [2.75, 3.05) is 39.6 Å². The third-order valence-corrected chi connectivity index (χ3v) is 3.21. The van der Waals surface area contributed by atoms with Crippen LogP contribution < -0.4 is 4.74 Å². The summed E-state index contributed by atoms with van der Waals surface area (Å²) in [5.41, 5.74) is 0.839. The van der Waals surface area contributed by atoms with Crippen LogP contribution in [0.25, 0.3) is 11.3 Å². The highest BCUT2D eigenvalue weighted by Gasteiger charge is 2.17. The Kier molecular flexibility index (Phi) is 7.94. The standard InChI is InChI=1S/C18H23NO6/c1-3-21-9-10-22-11-12-24-16-8-6-5-7-14(16)17-13-15(19-25-17)18(20)23-4-2/h5-8,13H,3-4,9-12H2,1-2H3. The molecular formula is C18H23NO6. The Morgan fingerprint density at radius 3 is 2.60 bits per heavy atom. The van der Waals surface area contributed by atoms with E-state index in [0.717, 1.165) is 0 Å². The van der Waals surface area contributed by atoms with E-state index in [9.17, 15) is 4.79 Å². The van der Waals surface area contributed by atoms with Gasteiger partial charge in [0.25, 0.3) is 0 Å². The van der Waals surface area contributed by atoms with Crippen molar-refractivity contribution in [3.8, 4) is 17.1 Å². The maximum Gasteiger partial charge on any atom is 0.360 e. The second kappa shape index (κ2) is 10.5. The van der Waals surface area contributed by atoms with Crippen LogP contribution in [0.3, 0.4) is 0 Å². The Labute approximate surface area is 146 Å². The Bertz CT molecular complexity index is 655. The molecular weight excluding hydrogens is 326 g/mol. The van der Waals surface area contributed by atoms with Crippen molar-refractivity contribution in [1.82, 2.24) is 5.16 Å². The number of aromatic nitrogens is 1. The van der Waals surface area contributed by atoms with Crippen molar-refractivity contribution in [1.29, 1.82) is 0 Å². The molecule has 0 spiro atoms. The molecule has 0 fully saturated rings. The number of benzene rings is 1. The molecule has 0 atom stereocenters. The smallest absolute Gasteiger partial charge is 0.360 e. The lowest BCUT2D eigenvalue weighted by Gasteiger charge is -2.10. The Morgan fingerprint density at radius 1 is 1.04 bits per heavy atom. The van der Waals surface area contributed by atoms with Gasteiger partial charge in [-0.3, -0.25) is 0 Å². The molecule has 0 saturated carbocycles. The summed E-state index contributed by atoms with van der Waals surface area (Å²) in [5, 5.41) is 3.75. The Balaban J connectivity index is 1.93. The first-order valence-corrected chi connectivity index (χ1v) is 8.27. The fourth-order valence-corrected chi connectivity index (χ4v) is 2.07. The van der Waals surface area contributed by atoms with Crippen LogP contribution in [-0.2, 0) is 14.2 Å². The zero-order chi connectivity index (χ0) is 17.9. The third-order valence-electron chi connectivity index (χ3n) is 3.21. The molecule has 2 rings (SSSR count). The largest absolute Gasteiger partial charge is 0.490 e. The van der Waals surface area contributed by atoms with E-state index in [1.54, 1.807) is 13.0 Å². The summed E-state index contributed by atoms with van der Waals surface area (Å²) in [5.74, 6) is 0.553. The Hall–Kier alpha value is -2.38. The van der Waals surface area contributed by atoms with Gasteiger partial charge in [0.2, 0.25) is 0 Å². The van der Waals surface area contributed by atoms with Gasteiger partial charge in [0, 0.05) is 12.7 Å². The van der Waals surface area contributed by atoms with Crippen LogP contribution in [-0.4, -0.2) is 50.8 Å². The summed E-state index contributed by atoms with van der Waals surface area (Å²) in [4.78, 5) is 11.7. The third kappa shape index (κ3) is 5.88. The first-order valence-electron chi connectivity index (χ1n) is 8.27. The molecule has 7 nitrogen and oxygen atoms in total. The van der Waals surface area contributed by atoms with E-state index >= 15 is 0 Å². The van der Waals surface area contributed by atoms with Gasteiger partial charge in [-0.1, -0.05) is 17.3 Å². The highest BCUT2D eigenvalue weighted by molar-refractivity contribution is 5.88. The second-order valence-corrected chi connectivity index (χ2v) is 4.95. The number of esters is 1. The fourth-order valence-electron chi connectivity index (χ4n) is 2.07. The van der Waals surface area contributed by atoms with Crippen LogP contribution in [0.15, 0.2) is 34.9 Å². The van der Waals surface area contributed by atoms with Crippen LogP contribution >= 0.6 is 0 Å². The average Bonchev–Trinajstić information content (AvgIpc) is 3.11. The van der Waals surface area contributed by atoms with Crippen LogP contribution in [0.4, 0.5) is 0 Å². The number of carbonyl (C=O) groups excluding carboxylic acids is 1. The van der Waals surface area contributed by atoms with E-state index in [2.05, 4.69) is 5.16 Å². The average molecular weight is 349 g/mol. The van der Waals surface area contributed by atoms with E-state index in [4.69, 9.17) is 23.5 Å². The van der Waals surface area contributed by atoms with E-state index in [-0.39, 0.29) is 12.3 Å². The van der Waals surface area contributed by atoms with Crippen molar-refractivity contribution in [3.05, 3.63) is 36.0 Å². The molecule has 0 aliphatic rings. The molecule has 0 bridgehead atoms. The maximum atomic E-state index is 11.7. The number of carbonyl (C=O) groups is 1. The molecule has 0 saturated heterocycles. The molecule has 0 radical (unpaired) electrons. The lowest BCUT2D eigenvalue weighted by Crippen LogP contribution is -2.11. The minimum absolute atomic E-state index is 0.130. The molecule has 136 valence electrons. The molecule has 2 aromatic rings. The summed E-state index contributed by atoms with van der Waals surface area (Å²) < 4.78 is 26.5. The van der Waals surface area contributed by atoms with Gasteiger partial charge < -0.3 is 23.5 Å². The molecule has 1 heterocycles. The number of para-hydroxylation sites is 1. The quantitative estimate of drug-likeness (QED) is 0.456. The SMILES string of the molecule is CCOCCOCCOc1ccccc1-c1cc(C(=O)OCC)no1. The molecule has 1 aromatic heterocycles. The molecule has 0 amide bonds. The second-order valence-electron chi connectivity index (χ2n) is 4.95. The monoisotopic (exact) mass is 349 g/mol. The lowest BCUT2D eigenvalue weighted by molar-refractivity contribution is 0.0405. The van der Waals surface area contributed by atoms with Crippen molar-refractivity contribution in [2.24, 2.45) is 0 Å². The number of ether oxygens (including phenoxy) is 4. The van der Waals surface area contributed by atoms with Crippen LogP contribution in [0.1, 0.15) is 24.3 Å². The summed E-state index contributed by atoms with van der Waals surface area (Å²) in [6.07, 6.45) is 0. The fraction of sp³-hybridized carbons (Fsp3) is 0.444. The number of nitrogens with zero attached hydrogens (tertiary/aromatic N) is 1. The summed E-state index contributed by atoms with van der Waals surface area (Å²) in [7, 11) is 0. The van der Waals surface area contributed by atoms with Gasteiger partial charge in [0.15, 0.2) is 11.5 Å². The number of rotatable bonds is 11. The normalized spacial score (nSPS) is 10.6. The van der Waals surface area contributed by atoms with Gasteiger partial charge >= 0.3 is 5.97 Å². The van der Waals surface area contributed by atoms with Crippen molar-refractivity contribution in [2.45, 2.75) is 13.8 Å². The molecule has 0 unspecified atom stereocenters. The molecule has 0 aliphatic heterocycles. The zero-order valence-electron chi connectivity index (χ0n) is 14.5. The highest BCUT2D eigenvalue weighted by atomic mass is 16.5. The van der Waals surface area contributed by atoms with Gasteiger partial charge in [-0.15, -0.1) is 0 Å². The van der Waals surface area contributed by atoms with Crippen LogP contribution in [0.5, 0.6) is 5.75 Å². The van der Waals surface area contributed by atoms with E-state index in [0.29, 0.717) is 50.1 Å². The highest BCUT2D eigenvalue weighted by Crippen LogP contribution is 2.30. The van der Waals surface area contributed by atoms with Gasteiger partial charge in [-0.25, -0.2) is 4.79 Å². The molecule has 25 heavy (non-hydrogen) atoms. The summed E-state index contributed by atoms with van der Waals surface area (Å²) in [6, 6.07) is 8.91. The lowest BCUT2D eigenvalue weighted by atomic mass is 10.1. The van der Waals surface area contributed by atoms with Crippen LogP contribution in [0.2, 0.25) is 0 Å². The first kappa shape index (κ1) is 19.0. The minimum atomic E-state index is -0.515. The molecule has 0 aliphatic carbocycles. The van der Waals surface area contributed by atoms with Gasteiger partial charge in [-0.2, -0.15) is 0 Å². The number of hydrogen-bond acceptors (Lipinski definition) is 7. The van der Waals surface area contributed by atoms with E-state index in [1.807, 2.05) is 31.2 Å². The summed E-state index contributed by atoms with van der Waals surface area (Å²) >= 11 is 0. The molecule has 1 aromatic carbocycles. The topological polar surface area (TPSA) is 80.0 Å². The van der Waals surface area contributed by atoms with E-state index < -0.39 is 5.97 Å². The van der Waals surface area contributed by atoms with Gasteiger partial charge in [0.1, 0.15) is 12.4 Å². The van der Waals surface area contributed by atoms with E-state index in [1.165, 1.54) is 0 Å². The van der Waals surface area contributed by atoms with Gasteiger partial charge in [0.05, 0.1) is 32.0 Å². The molecule has 7 heteroatoms. The first-order chi connectivity index (χ1) is 12.3. The minimum Gasteiger partial charge on any atom is -0.490 e. The van der Waals surface area contributed by atoms with Gasteiger partial charge in [-0.05, 0) is 26.0 Å². The van der Waals surface area contributed by atoms with Crippen LogP contribution in [0, 0.1) is 0 Å². The predicted molar refractivity (Wildman–Crippen MR) is 90.7 cm³/mol. The maximum absolute atomic E-state index is 11.7. The predicted octanol–water partition coefficient (Wildman–Crippen LogP) is 2.95. The summed E-state index contributed by atoms with van der Waals surface area (Å²) in [6.45, 7) is 6.58. The molecule has 0 N–H and O–H groups in total. The van der Waals surface area contributed by atoms with Crippen molar-refractivity contribution < 1.29 is 28.3 Å². The van der Waals surface area contributed by atoms with Crippen molar-refractivity contribution in [3.63, 3.8) is 0 Å². The Morgan fingerprint density at radius 2 is 1.80 bits per heavy atom. The van der Waals surface area contributed by atoms with Crippen molar-refractivity contribution >= 4 is 5.97 Å². The zero-order valence-corrected chi connectivity index (χ0v) is 14.5.